The topological polar surface area (TPSA) is 89.8 Å². The van der Waals surface area contributed by atoms with Gasteiger partial charge in [0.05, 0.1) is 17.6 Å². The van der Waals surface area contributed by atoms with Crippen molar-refractivity contribution in [1.82, 2.24) is 5.32 Å². The monoisotopic (exact) mass is 245 g/mol. The number of carboxylic acids is 1. The van der Waals surface area contributed by atoms with Gasteiger partial charge in [-0.1, -0.05) is 0 Å². The van der Waals surface area contributed by atoms with Crippen molar-refractivity contribution in [2.24, 2.45) is 5.92 Å². The minimum absolute atomic E-state index is 0.298. The maximum atomic E-state index is 10.8. The highest BCUT2D eigenvalue weighted by molar-refractivity contribution is 5.70. The molecule has 0 aromatic rings. The molecule has 0 aromatic heterocycles. The van der Waals surface area contributed by atoms with Crippen LogP contribution in [-0.4, -0.2) is 46.1 Å². The maximum Gasteiger partial charge on any atom is 0.306 e. The second-order valence-electron chi connectivity index (χ2n) is 5.15. The fourth-order valence-electron chi connectivity index (χ4n) is 2.21. The Morgan fingerprint density at radius 3 is 2.53 bits per heavy atom. The standard InChI is InChI=1S/C12H23NO4/c1-9(14)4-7-13-8-12(17)5-2-10(3-6-12)11(15)16/h9-10,13-14,17H,2-8H2,1H3,(H,15,16). The van der Waals surface area contributed by atoms with Crippen molar-refractivity contribution in [2.45, 2.75) is 50.7 Å². The molecule has 100 valence electrons. The summed E-state index contributed by atoms with van der Waals surface area (Å²) < 4.78 is 0. The van der Waals surface area contributed by atoms with Gasteiger partial charge in [0, 0.05) is 6.54 Å². The zero-order valence-corrected chi connectivity index (χ0v) is 10.4. The van der Waals surface area contributed by atoms with Crippen molar-refractivity contribution >= 4 is 5.97 Å². The van der Waals surface area contributed by atoms with E-state index >= 15 is 0 Å². The quantitative estimate of drug-likeness (QED) is 0.507. The number of hydrogen-bond donors (Lipinski definition) is 4. The van der Waals surface area contributed by atoms with E-state index in [0.717, 1.165) is 0 Å². The van der Waals surface area contributed by atoms with Crippen molar-refractivity contribution in [2.75, 3.05) is 13.1 Å². The molecule has 0 aliphatic heterocycles. The molecule has 5 heteroatoms. The summed E-state index contributed by atoms with van der Waals surface area (Å²) >= 11 is 0. The van der Waals surface area contributed by atoms with Crippen LogP contribution in [0.1, 0.15) is 39.0 Å². The Labute approximate surface area is 102 Å². The third kappa shape index (κ3) is 5.02. The lowest BCUT2D eigenvalue weighted by Gasteiger charge is -2.34. The Morgan fingerprint density at radius 2 is 2.06 bits per heavy atom. The molecule has 4 N–H and O–H groups in total. The number of nitrogens with one attached hydrogen (secondary N) is 1. The third-order valence-corrected chi connectivity index (χ3v) is 3.46. The fraction of sp³-hybridized carbons (Fsp3) is 0.917. The Hall–Kier alpha value is -0.650. The summed E-state index contributed by atoms with van der Waals surface area (Å²) in [6.45, 7) is 2.88. The molecule has 5 nitrogen and oxygen atoms in total. The zero-order chi connectivity index (χ0) is 12.9. The Morgan fingerprint density at radius 1 is 1.47 bits per heavy atom. The first-order valence-corrected chi connectivity index (χ1v) is 6.27. The second-order valence-corrected chi connectivity index (χ2v) is 5.15. The van der Waals surface area contributed by atoms with Gasteiger partial charge in [-0.25, -0.2) is 0 Å². The molecule has 1 atom stereocenters. The molecule has 1 saturated carbocycles. The van der Waals surface area contributed by atoms with Crippen LogP contribution >= 0.6 is 0 Å². The van der Waals surface area contributed by atoms with Gasteiger partial charge in [-0.3, -0.25) is 4.79 Å². The first-order chi connectivity index (χ1) is 7.93. The van der Waals surface area contributed by atoms with Crippen LogP contribution in [0.4, 0.5) is 0 Å². The average Bonchev–Trinajstić information content (AvgIpc) is 2.25. The molecule has 0 amide bonds. The lowest BCUT2D eigenvalue weighted by molar-refractivity contribution is -0.144. The summed E-state index contributed by atoms with van der Waals surface area (Å²) in [6, 6.07) is 0. The number of aliphatic hydroxyl groups excluding tert-OH is 1. The molecule has 1 fully saturated rings. The van der Waals surface area contributed by atoms with Crippen molar-refractivity contribution < 1.29 is 20.1 Å². The number of aliphatic hydroxyl groups is 2. The molecule has 1 aliphatic carbocycles. The van der Waals surface area contributed by atoms with Gasteiger partial charge in [0.15, 0.2) is 0 Å². The number of carbonyl (C=O) groups is 1. The summed E-state index contributed by atoms with van der Waals surface area (Å²) in [5, 5.41) is 31.3. The highest BCUT2D eigenvalue weighted by Crippen LogP contribution is 2.31. The van der Waals surface area contributed by atoms with Gasteiger partial charge in [0.1, 0.15) is 0 Å². The molecular formula is C12H23NO4. The number of rotatable bonds is 6. The van der Waals surface area contributed by atoms with Crippen LogP contribution < -0.4 is 5.32 Å². The number of carboxylic acid groups (broad SMARTS) is 1. The van der Waals surface area contributed by atoms with E-state index in [4.69, 9.17) is 10.2 Å². The summed E-state index contributed by atoms with van der Waals surface area (Å²) in [6.07, 6.45) is 2.48. The molecule has 0 radical (unpaired) electrons. The van der Waals surface area contributed by atoms with Gasteiger partial charge in [0.2, 0.25) is 0 Å². The SMILES string of the molecule is CC(O)CCNCC1(O)CCC(C(=O)O)CC1. The van der Waals surface area contributed by atoms with Gasteiger partial charge in [-0.15, -0.1) is 0 Å². The molecule has 0 heterocycles. The van der Waals surface area contributed by atoms with Crippen LogP contribution in [0.15, 0.2) is 0 Å². The van der Waals surface area contributed by atoms with E-state index in [1.807, 2.05) is 0 Å². The lowest BCUT2D eigenvalue weighted by Crippen LogP contribution is -2.44. The van der Waals surface area contributed by atoms with Gasteiger partial charge in [-0.2, -0.15) is 0 Å². The summed E-state index contributed by atoms with van der Waals surface area (Å²) in [5.41, 5.74) is -0.773. The summed E-state index contributed by atoms with van der Waals surface area (Å²) in [5.74, 6) is -1.05. The van der Waals surface area contributed by atoms with Crippen LogP contribution in [-0.2, 0) is 4.79 Å². The van der Waals surface area contributed by atoms with Crippen LogP contribution in [0.5, 0.6) is 0 Å². The maximum absolute atomic E-state index is 10.8. The molecule has 0 spiro atoms. The van der Waals surface area contributed by atoms with E-state index in [-0.39, 0.29) is 12.0 Å². The van der Waals surface area contributed by atoms with E-state index in [1.165, 1.54) is 0 Å². The van der Waals surface area contributed by atoms with Crippen LogP contribution in [0, 0.1) is 5.92 Å². The largest absolute Gasteiger partial charge is 0.481 e. The first kappa shape index (κ1) is 14.4. The highest BCUT2D eigenvalue weighted by Gasteiger charge is 2.35. The number of hydrogen-bond acceptors (Lipinski definition) is 4. The minimum Gasteiger partial charge on any atom is -0.481 e. The lowest BCUT2D eigenvalue weighted by atomic mass is 9.79. The van der Waals surface area contributed by atoms with E-state index in [2.05, 4.69) is 5.32 Å². The summed E-state index contributed by atoms with van der Waals surface area (Å²) in [7, 11) is 0. The molecule has 1 unspecified atom stereocenters. The first-order valence-electron chi connectivity index (χ1n) is 6.27. The molecular weight excluding hydrogens is 222 g/mol. The summed E-state index contributed by atoms with van der Waals surface area (Å²) in [4.78, 5) is 10.8. The van der Waals surface area contributed by atoms with Crippen molar-refractivity contribution in [1.29, 1.82) is 0 Å². The molecule has 1 aliphatic rings. The van der Waals surface area contributed by atoms with Gasteiger partial charge >= 0.3 is 5.97 Å². The molecule has 0 aromatic carbocycles. The molecule has 1 rings (SSSR count). The Bertz CT molecular complexity index is 247. The zero-order valence-electron chi connectivity index (χ0n) is 10.4. The van der Waals surface area contributed by atoms with Crippen LogP contribution in [0.2, 0.25) is 0 Å². The van der Waals surface area contributed by atoms with E-state index in [0.29, 0.717) is 45.2 Å². The Balaban J connectivity index is 2.22. The molecule has 0 saturated heterocycles. The van der Waals surface area contributed by atoms with Crippen molar-refractivity contribution in [3.05, 3.63) is 0 Å². The Kier molecular flexibility index (Phi) is 5.36. The third-order valence-electron chi connectivity index (χ3n) is 3.46. The average molecular weight is 245 g/mol. The highest BCUT2D eigenvalue weighted by atomic mass is 16.4. The predicted molar refractivity (Wildman–Crippen MR) is 63.7 cm³/mol. The van der Waals surface area contributed by atoms with E-state index in [1.54, 1.807) is 6.92 Å². The van der Waals surface area contributed by atoms with E-state index in [9.17, 15) is 9.90 Å². The smallest absolute Gasteiger partial charge is 0.306 e. The van der Waals surface area contributed by atoms with E-state index < -0.39 is 11.6 Å². The molecule has 0 bridgehead atoms. The normalized spacial score (nSPS) is 31.1. The molecule has 17 heavy (non-hydrogen) atoms. The van der Waals surface area contributed by atoms with Gasteiger partial charge in [-0.05, 0) is 45.6 Å². The van der Waals surface area contributed by atoms with Crippen LogP contribution in [0.3, 0.4) is 0 Å². The minimum atomic E-state index is -0.773. The van der Waals surface area contributed by atoms with Crippen LogP contribution in [0.25, 0.3) is 0 Å². The van der Waals surface area contributed by atoms with Gasteiger partial charge in [0.25, 0.3) is 0 Å². The van der Waals surface area contributed by atoms with Crippen molar-refractivity contribution in [3.8, 4) is 0 Å². The van der Waals surface area contributed by atoms with Crippen molar-refractivity contribution in [3.63, 3.8) is 0 Å². The predicted octanol–water partition coefficient (Wildman–Crippen LogP) is 0.353. The second kappa shape index (κ2) is 6.33. The number of aliphatic carboxylic acids is 1. The fourth-order valence-corrected chi connectivity index (χ4v) is 2.21. The van der Waals surface area contributed by atoms with Gasteiger partial charge < -0.3 is 20.6 Å².